The van der Waals surface area contributed by atoms with Crippen LogP contribution in [0.2, 0.25) is 0 Å². The Bertz CT molecular complexity index is 603. The number of benzene rings is 1. The van der Waals surface area contributed by atoms with Crippen LogP contribution in [0.4, 0.5) is 0 Å². The Morgan fingerprint density at radius 3 is 2.48 bits per heavy atom. The van der Waals surface area contributed by atoms with Gasteiger partial charge in [0.25, 0.3) is 0 Å². The number of hydrogen-bond acceptors (Lipinski definition) is 5. The number of nitrogens with two attached hydrogens (primary N) is 2. The van der Waals surface area contributed by atoms with E-state index in [4.69, 9.17) is 11.5 Å². The molecule has 1 amide bonds. The van der Waals surface area contributed by atoms with Gasteiger partial charge in [0.1, 0.15) is 5.54 Å². The van der Waals surface area contributed by atoms with Gasteiger partial charge in [-0.2, -0.15) is 0 Å². The average molecular weight is 311 g/mol. The van der Waals surface area contributed by atoms with E-state index in [0.717, 1.165) is 0 Å². The van der Waals surface area contributed by atoms with Crippen LogP contribution in [0, 0.1) is 0 Å². The third-order valence-electron chi connectivity index (χ3n) is 3.85. The van der Waals surface area contributed by atoms with Gasteiger partial charge < -0.3 is 11.5 Å². The fourth-order valence-electron chi connectivity index (χ4n) is 2.55. The average Bonchev–Trinajstić information content (AvgIpc) is 2.61. The molecule has 0 spiro atoms. The Hall–Kier alpha value is -1.44. The molecule has 1 unspecified atom stereocenters. The van der Waals surface area contributed by atoms with Crippen molar-refractivity contribution in [2.75, 3.05) is 31.1 Å². The number of amides is 1. The van der Waals surface area contributed by atoms with Gasteiger partial charge in [-0.3, -0.25) is 9.69 Å². The summed E-state index contributed by atoms with van der Waals surface area (Å²) >= 11 is 0. The highest BCUT2D eigenvalue weighted by Gasteiger charge is 2.36. The van der Waals surface area contributed by atoms with Crippen molar-refractivity contribution in [3.63, 3.8) is 0 Å². The van der Waals surface area contributed by atoms with Gasteiger partial charge in [0.15, 0.2) is 9.84 Å². The van der Waals surface area contributed by atoms with Crippen LogP contribution in [0.15, 0.2) is 30.3 Å². The maximum atomic E-state index is 11.9. The van der Waals surface area contributed by atoms with Gasteiger partial charge in [-0.1, -0.05) is 30.3 Å². The lowest BCUT2D eigenvalue weighted by atomic mass is 9.89. The standard InChI is InChI=1S/C14H21N3O3S/c15-13(18)14(16,12-5-2-1-3-6-12)11-17-7-4-9-21(19,20)10-8-17/h1-3,5-6H,4,7-11,16H2,(H2,15,18). The fourth-order valence-corrected chi connectivity index (χ4v) is 3.86. The molecule has 1 aliphatic heterocycles. The van der Waals surface area contributed by atoms with Crippen LogP contribution < -0.4 is 11.5 Å². The molecule has 21 heavy (non-hydrogen) atoms. The van der Waals surface area contributed by atoms with E-state index in [-0.39, 0.29) is 18.1 Å². The lowest BCUT2D eigenvalue weighted by Crippen LogP contribution is -2.56. The predicted molar refractivity (Wildman–Crippen MR) is 81.2 cm³/mol. The molecule has 1 aromatic carbocycles. The van der Waals surface area contributed by atoms with Crippen molar-refractivity contribution < 1.29 is 13.2 Å². The zero-order valence-corrected chi connectivity index (χ0v) is 12.7. The minimum absolute atomic E-state index is 0.0939. The first-order valence-corrected chi connectivity index (χ1v) is 8.73. The number of carbonyl (C=O) groups excluding carboxylic acids is 1. The Balaban J connectivity index is 2.19. The Morgan fingerprint density at radius 2 is 1.86 bits per heavy atom. The first-order chi connectivity index (χ1) is 9.83. The molecule has 1 saturated heterocycles. The van der Waals surface area contributed by atoms with Crippen LogP contribution in [0.5, 0.6) is 0 Å². The molecule has 1 heterocycles. The Morgan fingerprint density at radius 1 is 1.19 bits per heavy atom. The van der Waals surface area contributed by atoms with Gasteiger partial charge >= 0.3 is 0 Å². The van der Waals surface area contributed by atoms with Crippen molar-refractivity contribution in [3.8, 4) is 0 Å². The van der Waals surface area contributed by atoms with Crippen LogP contribution in [-0.4, -0.2) is 50.4 Å². The molecule has 4 N–H and O–H groups in total. The van der Waals surface area contributed by atoms with Crippen molar-refractivity contribution in [2.45, 2.75) is 12.0 Å². The SMILES string of the molecule is NC(=O)C(N)(CN1CCCS(=O)(=O)CC1)c1ccccc1. The van der Waals surface area contributed by atoms with E-state index in [9.17, 15) is 13.2 Å². The maximum Gasteiger partial charge on any atom is 0.243 e. The highest BCUT2D eigenvalue weighted by Crippen LogP contribution is 2.20. The number of primary amides is 1. The lowest BCUT2D eigenvalue weighted by molar-refractivity contribution is -0.124. The molecule has 0 bridgehead atoms. The summed E-state index contributed by atoms with van der Waals surface area (Å²) in [6, 6.07) is 8.96. The Kier molecular flexibility index (Phi) is 4.65. The van der Waals surface area contributed by atoms with Gasteiger partial charge in [-0.05, 0) is 18.5 Å². The summed E-state index contributed by atoms with van der Waals surface area (Å²) in [7, 11) is -2.99. The zero-order chi connectivity index (χ0) is 15.5. The minimum Gasteiger partial charge on any atom is -0.368 e. The zero-order valence-electron chi connectivity index (χ0n) is 11.9. The lowest BCUT2D eigenvalue weighted by Gasteiger charge is -2.32. The highest BCUT2D eigenvalue weighted by atomic mass is 32.2. The second-order valence-corrected chi connectivity index (χ2v) is 7.79. The van der Waals surface area contributed by atoms with Gasteiger partial charge in [0.2, 0.25) is 5.91 Å². The van der Waals surface area contributed by atoms with E-state index in [1.807, 2.05) is 11.0 Å². The van der Waals surface area contributed by atoms with Crippen molar-refractivity contribution >= 4 is 15.7 Å². The summed E-state index contributed by atoms with van der Waals surface area (Å²) in [5.41, 5.74) is 11.1. The van der Waals surface area contributed by atoms with Gasteiger partial charge in [0.05, 0.1) is 11.5 Å². The summed E-state index contributed by atoms with van der Waals surface area (Å²) in [5.74, 6) is -0.333. The fraction of sp³-hybridized carbons (Fsp3) is 0.500. The minimum atomic E-state index is -2.99. The van der Waals surface area contributed by atoms with Crippen LogP contribution in [0.25, 0.3) is 0 Å². The molecule has 1 aliphatic rings. The maximum absolute atomic E-state index is 11.9. The van der Waals surface area contributed by atoms with Crippen molar-refractivity contribution in [1.82, 2.24) is 4.90 Å². The molecule has 7 heteroatoms. The second-order valence-electron chi connectivity index (χ2n) is 5.48. The largest absolute Gasteiger partial charge is 0.368 e. The first kappa shape index (κ1) is 15.9. The predicted octanol–water partition coefficient (Wildman–Crippen LogP) is -0.554. The molecule has 0 aliphatic carbocycles. The van der Waals surface area contributed by atoms with Crippen LogP contribution in [-0.2, 0) is 20.2 Å². The molecule has 0 radical (unpaired) electrons. The van der Waals surface area contributed by atoms with Crippen molar-refractivity contribution in [3.05, 3.63) is 35.9 Å². The number of sulfone groups is 1. The molecular weight excluding hydrogens is 290 g/mol. The molecule has 1 aromatic rings. The number of hydrogen-bond donors (Lipinski definition) is 2. The molecule has 0 aromatic heterocycles. The molecular formula is C14H21N3O3S. The van der Waals surface area contributed by atoms with Crippen molar-refractivity contribution in [2.24, 2.45) is 11.5 Å². The first-order valence-electron chi connectivity index (χ1n) is 6.91. The third kappa shape index (κ3) is 3.81. The number of carbonyl (C=O) groups is 1. The Labute approximate surface area is 125 Å². The molecule has 1 fully saturated rings. The highest BCUT2D eigenvalue weighted by molar-refractivity contribution is 7.91. The van der Waals surface area contributed by atoms with Crippen LogP contribution in [0.1, 0.15) is 12.0 Å². The summed E-state index contributed by atoms with van der Waals surface area (Å²) in [4.78, 5) is 13.8. The van der Waals surface area contributed by atoms with Crippen LogP contribution >= 0.6 is 0 Å². The van der Waals surface area contributed by atoms with E-state index >= 15 is 0 Å². The van der Waals surface area contributed by atoms with Crippen molar-refractivity contribution in [1.29, 1.82) is 0 Å². The van der Waals surface area contributed by atoms with E-state index in [1.54, 1.807) is 24.3 Å². The van der Waals surface area contributed by atoms with E-state index in [0.29, 0.717) is 25.1 Å². The number of nitrogens with zero attached hydrogens (tertiary/aromatic N) is 1. The number of rotatable bonds is 4. The molecule has 1 atom stereocenters. The van der Waals surface area contributed by atoms with E-state index in [1.165, 1.54) is 0 Å². The summed E-state index contributed by atoms with van der Waals surface area (Å²) < 4.78 is 23.3. The summed E-state index contributed by atoms with van der Waals surface area (Å²) in [5, 5.41) is 0. The normalized spacial score (nSPS) is 22.1. The van der Waals surface area contributed by atoms with E-state index < -0.39 is 21.3 Å². The quantitative estimate of drug-likeness (QED) is 0.775. The summed E-state index contributed by atoms with van der Waals surface area (Å²) in [6.07, 6.45) is 0.548. The topological polar surface area (TPSA) is 106 Å². The van der Waals surface area contributed by atoms with Gasteiger partial charge in [-0.15, -0.1) is 0 Å². The molecule has 0 saturated carbocycles. The van der Waals surface area contributed by atoms with E-state index in [2.05, 4.69) is 0 Å². The second kappa shape index (κ2) is 6.13. The molecule has 6 nitrogen and oxygen atoms in total. The van der Waals surface area contributed by atoms with Crippen LogP contribution in [0.3, 0.4) is 0 Å². The summed E-state index contributed by atoms with van der Waals surface area (Å²) in [6.45, 7) is 1.20. The van der Waals surface area contributed by atoms with Gasteiger partial charge in [0, 0.05) is 13.1 Å². The van der Waals surface area contributed by atoms with Gasteiger partial charge in [-0.25, -0.2) is 8.42 Å². The monoisotopic (exact) mass is 311 g/mol. The third-order valence-corrected chi connectivity index (χ3v) is 5.57. The molecule has 116 valence electrons. The molecule has 2 rings (SSSR count). The smallest absolute Gasteiger partial charge is 0.243 e.